The van der Waals surface area contributed by atoms with Gasteiger partial charge in [0, 0.05) is 22.5 Å². The van der Waals surface area contributed by atoms with Gasteiger partial charge < -0.3 is 15.6 Å². The van der Waals surface area contributed by atoms with Gasteiger partial charge in [0.15, 0.2) is 0 Å². The summed E-state index contributed by atoms with van der Waals surface area (Å²) in [6.45, 7) is 0. The first kappa shape index (κ1) is 12.2. The predicted molar refractivity (Wildman–Crippen MR) is 75.7 cm³/mol. The summed E-state index contributed by atoms with van der Waals surface area (Å²) in [7, 11) is 4.09. The number of hydrogen-bond donors (Lipinski definition) is 2. The summed E-state index contributed by atoms with van der Waals surface area (Å²) in [5.74, 6) is -0.262. The third-order valence-electron chi connectivity index (χ3n) is 4.16. The molecule has 0 fully saturated rings. The average Bonchev–Trinajstić information content (AvgIpc) is 2.75. The fourth-order valence-corrected chi connectivity index (χ4v) is 3.13. The lowest BCUT2D eigenvalue weighted by Gasteiger charge is -2.32. The Balaban J connectivity index is 2.16. The van der Waals surface area contributed by atoms with Crippen molar-refractivity contribution in [3.05, 3.63) is 35.5 Å². The monoisotopic (exact) mass is 257 g/mol. The van der Waals surface area contributed by atoms with Crippen LogP contribution >= 0.6 is 0 Å². The fourth-order valence-electron chi connectivity index (χ4n) is 3.13. The van der Waals surface area contributed by atoms with Crippen LogP contribution < -0.4 is 5.73 Å². The molecule has 1 aliphatic carbocycles. The maximum Gasteiger partial charge on any atom is 0.220 e. The van der Waals surface area contributed by atoms with E-state index >= 15 is 0 Å². The van der Waals surface area contributed by atoms with Crippen LogP contribution in [0.5, 0.6) is 0 Å². The second-order valence-electron chi connectivity index (χ2n) is 5.58. The van der Waals surface area contributed by atoms with E-state index in [1.165, 1.54) is 16.6 Å². The van der Waals surface area contributed by atoms with Gasteiger partial charge in [0.2, 0.25) is 5.91 Å². The first-order valence-electron chi connectivity index (χ1n) is 6.63. The third kappa shape index (κ3) is 1.92. The maximum atomic E-state index is 11.6. The number of nitrogens with two attached hydrogens (primary N) is 1. The molecule has 1 heterocycles. The van der Waals surface area contributed by atoms with Crippen LogP contribution in [0.25, 0.3) is 10.9 Å². The standard InChI is InChI=1S/C15H19N3O/c1-18(2)13-8-9(15(16)19)7-11-10-5-3-4-6-12(10)17-14(11)13/h3-6,9,13,17H,7-8H2,1-2H3,(H2,16,19). The first-order chi connectivity index (χ1) is 9.08. The van der Waals surface area contributed by atoms with Gasteiger partial charge in [-0.05, 0) is 38.6 Å². The van der Waals surface area contributed by atoms with Crippen LogP contribution in [0.1, 0.15) is 23.7 Å². The summed E-state index contributed by atoms with van der Waals surface area (Å²) in [5, 5.41) is 1.22. The lowest BCUT2D eigenvalue weighted by Crippen LogP contribution is -2.34. The van der Waals surface area contributed by atoms with Crippen molar-refractivity contribution < 1.29 is 4.79 Å². The number of carbonyl (C=O) groups excluding carboxylic acids is 1. The Kier molecular flexibility index (Phi) is 2.82. The van der Waals surface area contributed by atoms with Crippen molar-refractivity contribution in [2.75, 3.05) is 14.1 Å². The van der Waals surface area contributed by atoms with Gasteiger partial charge in [-0.1, -0.05) is 18.2 Å². The highest BCUT2D eigenvalue weighted by Crippen LogP contribution is 2.39. The molecule has 1 amide bonds. The third-order valence-corrected chi connectivity index (χ3v) is 4.16. The zero-order chi connectivity index (χ0) is 13.6. The Morgan fingerprint density at radius 1 is 1.37 bits per heavy atom. The minimum Gasteiger partial charge on any atom is -0.369 e. The second-order valence-corrected chi connectivity index (χ2v) is 5.58. The highest BCUT2D eigenvalue weighted by molar-refractivity contribution is 5.86. The van der Waals surface area contributed by atoms with E-state index in [1.807, 2.05) is 26.2 Å². The summed E-state index contributed by atoms with van der Waals surface area (Å²) in [6.07, 6.45) is 1.54. The van der Waals surface area contributed by atoms with Crippen LogP contribution in [-0.2, 0) is 11.2 Å². The molecule has 0 aliphatic heterocycles. The molecule has 0 saturated heterocycles. The van der Waals surface area contributed by atoms with Crippen LogP contribution in [-0.4, -0.2) is 29.9 Å². The van der Waals surface area contributed by atoms with Gasteiger partial charge in [-0.3, -0.25) is 4.79 Å². The van der Waals surface area contributed by atoms with Crippen LogP contribution in [0.2, 0.25) is 0 Å². The highest BCUT2D eigenvalue weighted by atomic mass is 16.1. The minimum atomic E-state index is -0.192. The van der Waals surface area contributed by atoms with Gasteiger partial charge in [-0.2, -0.15) is 0 Å². The molecule has 2 atom stereocenters. The van der Waals surface area contributed by atoms with Gasteiger partial charge in [0.25, 0.3) is 0 Å². The molecule has 0 bridgehead atoms. The number of para-hydroxylation sites is 1. The summed E-state index contributed by atoms with van der Waals surface area (Å²) in [4.78, 5) is 17.3. The maximum absolute atomic E-state index is 11.6. The minimum absolute atomic E-state index is 0.0703. The molecule has 2 aromatic rings. The van der Waals surface area contributed by atoms with E-state index in [0.717, 1.165) is 18.4 Å². The topological polar surface area (TPSA) is 62.1 Å². The number of rotatable bonds is 2. The first-order valence-corrected chi connectivity index (χ1v) is 6.63. The number of hydrogen-bond acceptors (Lipinski definition) is 2. The molecule has 4 heteroatoms. The van der Waals surface area contributed by atoms with E-state index in [2.05, 4.69) is 22.0 Å². The van der Waals surface area contributed by atoms with Crippen molar-refractivity contribution in [3.63, 3.8) is 0 Å². The van der Waals surface area contributed by atoms with Gasteiger partial charge in [0.1, 0.15) is 0 Å². The van der Waals surface area contributed by atoms with Crippen LogP contribution in [0.4, 0.5) is 0 Å². The normalized spacial score (nSPS) is 22.7. The number of aromatic nitrogens is 1. The quantitative estimate of drug-likeness (QED) is 0.862. The van der Waals surface area contributed by atoms with Gasteiger partial charge >= 0.3 is 0 Å². The van der Waals surface area contributed by atoms with E-state index in [1.54, 1.807) is 0 Å². The molecule has 19 heavy (non-hydrogen) atoms. The van der Waals surface area contributed by atoms with Crippen molar-refractivity contribution in [3.8, 4) is 0 Å². The fraction of sp³-hybridized carbons (Fsp3) is 0.400. The zero-order valence-electron chi connectivity index (χ0n) is 11.3. The van der Waals surface area contributed by atoms with Gasteiger partial charge in [-0.15, -0.1) is 0 Å². The zero-order valence-corrected chi connectivity index (χ0v) is 11.3. The number of nitrogens with one attached hydrogen (secondary N) is 1. The van der Waals surface area contributed by atoms with Crippen LogP contribution in [0.15, 0.2) is 24.3 Å². The summed E-state index contributed by atoms with van der Waals surface area (Å²) >= 11 is 0. The number of nitrogens with zero attached hydrogens (tertiary/aromatic N) is 1. The smallest absolute Gasteiger partial charge is 0.220 e. The lowest BCUT2D eigenvalue weighted by atomic mass is 9.82. The molecule has 0 spiro atoms. The lowest BCUT2D eigenvalue weighted by molar-refractivity contribution is -0.122. The van der Waals surface area contributed by atoms with Crippen LogP contribution in [0, 0.1) is 5.92 Å². The summed E-state index contributed by atoms with van der Waals surface area (Å²) < 4.78 is 0. The van der Waals surface area contributed by atoms with E-state index in [-0.39, 0.29) is 17.9 Å². The highest BCUT2D eigenvalue weighted by Gasteiger charge is 2.33. The number of fused-ring (bicyclic) bond motifs is 3. The molecule has 4 nitrogen and oxygen atoms in total. The molecular weight excluding hydrogens is 238 g/mol. The summed E-state index contributed by atoms with van der Waals surface area (Å²) in [6, 6.07) is 8.49. The Morgan fingerprint density at radius 2 is 2.11 bits per heavy atom. The molecule has 100 valence electrons. The van der Waals surface area contributed by atoms with E-state index in [0.29, 0.717) is 0 Å². The molecule has 1 aromatic heterocycles. The van der Waals surface area contributed by atoms with E-state index in [9.17, 15) is 4.79 Å². The Morgan fingerprint density at radius 3 is 2.79 bits per heavy atom. The Bertz CT molecular complexity index is 629. The van der Waals surface area contributed by atoms with E-state index < -0.39 is 0 Å². The molecule has 2 unspecified atom stereocenters. The molecule has 0 radical (unpaired) electrons. The van der Waals surface area contributed by atoms with Gasteiger partial charge in [-0.25, -0.2) is 0 Å². The summed E-state index contributed by atoms with van der Waals surface area (Å²) in [5.41, 5.74) is 9.17. The van der Waals surface area contributed by atoms with Crippen molar-refractivity contribution in [2.24, 2.45) is 11.7 Å². The molecule has 1 aliphatic rings. The van der Waals surface area contributed by atoms with Crippen molar-refractivity contribution in [1.29, 1.82) is 0 Å². The van der Waals surface area contributed by atoms with Crippen molar-refractivity contribution >= 4 is 16.8 Å². The number of amides is 1. The number of aromatic amines is 1. The molecule has 3 rings (SSSR count). The molecule has 0 saturated carbocycles. The van der Waals surface area contributed by atoms with Crippen molar-refractivity contribution in [1.82, 2.24) is 9.88 Å². The number of H-pyrrole nitrogens is 1. The van der Waals surface area contributed by atoms with Crippen molar-refractivity contribution in [2.45, 2.75) is 18.9 Å². The molecule has 1 aromatic carbocycles. The Labute approximate surface area is 112 Å². The molecular formula is C15H19N3O. The second kappa shape index (κ2) is 4.38. The SMILES string of the molecule is CN(C)C1CC(C(N)=O)Cc2c1[nH]c1ccccc21. The number of carbonyl (C=O) groups is 1. The number of benzene rings is 1. The van der Waals surface area contributed by atoms with E-state index in [4.69, 9.17) is 5.73 Å². The largest absolute Gasteiger partial charge is 0.369 e. The van der Waals surface area contributed by atoms with Gasteiger partial charge in [0.05, 0.1) is 6.04 Å². The molecule has 3 N–H and O–H groups in total. The average molecular weight is 257 g/mol. The van der Waals surface area contributed by atoms with Crippen LogP contribution in [0.3, 0.4) is 0 Å². The Hall–Kier alpha value is -1.81. The number of primary amides is 1. The predicted octanol–water partition coefficient (Wildman–Crippen LogP) is 1.82.